The second kappa shape index (κ2) is 8.97. The summed E-state index contributed by atoms with van der Waals surface area (Å²) in [6, 6.07) is 25.6. The van der Waals surface area contributed by atoms with Crippen LogP contribution in [-0.4, -0.2) is 29.2 Å². The molecule has 0 bridgehead atoms. The minimum absolute atomic E-state index is 0.594. The number of hydrogen-bond donors (Lipinski definition) is 0. The van der Waals surface area contributed by atoms with Crippen molar-refractivity contribution in [2.24, 2.45) is 0 Å². The Kier molecular flexibility index (Phi) is 5.77. The predicted octanol–water partition coefficient (Wildman–Crippen LogP) is 4.41. The first-order chi connectivity index (χ1) is 14.8. The van der Waals surface area contributed by atoms with E-state index in [0.29, 0.717) is 6.54 Å². The number of ether oxygens (including phenoxy) is 2. The Hall–Kier alpha value is -4.04. The second-order valence-electron chi connectivity index (χ2n) is 6.64. The average Bonchev–Trinajstić information content (AvgIpc) is 3.21. The summed E-state index contributed by atoms with van der Waals surface area (Å²) in [6.07, 6.45) is 0. The lowest BCUT2D eigenvalue weighted by atomic mass is 10.1. The van der Waals surface area contributed by atoms with Crippen LogP contribution in [0.5, 0.6) is 11.5 Å². The number of hydrogen-bond acceptors (Lipinski definition) is 4. The van der Waals surface area contributed by atoms with Crippen molar-refractivity contribution in [2.75, 3.05) is 14.2 Å². The number of nitrogens with zero attached hydrogens (tertiary/aromatic N) is 3. The molecule has 0 saturated carbocycles. The normalized spacial score (nSPS) is 10.2. The highest BCUT2D eigenvalue weighted by Gasteiger charge is 2.14. The highest BCUT2D eigenvalue weighted by molar-refractivity contribution is 5.66. The van der Waals surface area contributed by atoms with E-state index in [9.17, 15) is 0 Å². The first kappa shape index (κ1) is 19.3. The molecule has 0 unspecified atom stereocenters. The first-order valence-electron chi connectivity index (χ1n) is 9.55. The highest BCUT2D eigenvalue weighted by atomic mass is 16.5. The van der Waals surface area contributed by atoms with E-state index in [4.69, 9.17) is 9.47 Å². The van der Waals surface area contributed by atoms with Gasteiger partial charge in [0.15, 0.2) is 0 Å². The van der Waals surface area contributed by atoms with Crippen LogP contribution >= 0.6 is 0 Å². The zero-order chi connectivity index (χ0) is 20.8. The van der Waals surface area contributed by atoms with Gasteiger partial charge >= 0.3 is 0 Å². The van der Waals surface area contributed by atoms with Crippen LogP contribution in [0.25, 0.3) is 11.3 Å². The molecule has 4 rings (SSSR count). The Morgan fingerprint density at radius 1 is 0.767 bits per heavy atom. The zero-order valence-corrected chi connectivity index (χ0v) is 16.9. The quantitative estimate of drug-likeness (QED) is 0.470. The van der Waals surface area contributed by atoms with Crippen LogP contribution in [-0.2, 0) is 6.54 Å². The molecule has 1 aromatic heterocycles. The molecule has 30 heavy (non-hydrogen) atoms. The zero-order valence-electron chi connectivity index (χ0n) is 16.9. The number of aromatic nitrogens is 3. The van der Waals surface area contributed by atoms with Gasteiger partial charge in [0, 0.05) is 11.1 Å². The topological polar surface area (TPSA) is 49.2 Å². The SMILES string of the molecule is COc1ccc(C#Cc2c(-c3ccc(OC)cc3)nnn2Cc2ccccc2)cc1. The van der Waals surface area contributed by atoms with Gasteiger partial charge in [-0.1, -0.05) is 41.5 Å². The lowest BCUT2D eigenvalue weighted by Gasteiger charge is -2.04. The van der Waals surface area contributed by atoms with Crippen molar-refractivity contribution in [1.29, 1.82) is 0 Å². The Labute approximate surface area is 175 Å². The van der Waals surface area contributed by atoms with Crippen LogP contribution in [0.2, 0.25) is 0 Å². The smallest absolute Gasteiger partial charge is 0.140 e. The van der Waals surface area contributed by atoms with Crippen molar-refractivity contribution in [2.45, 2.75) is 6.54 Å². The highest BCUT2D eigenvalue weighted by Crippen LogP contribution is 2.24. The summed E-state index contributed by atoms with van der Waals surface area (Å²) in [5.41, 5.74) is 4.48. The van der Waals surface area contributed by atoms with E-state index in [2.05, 4.69) is 34.3 Å². The molecule has 0 aliphatic heterocycles. The fraction of sp³-hybridized carbons (Fsp3) is 0.120. The number of benzene rings is 3. The summed E-state index contributed by atoms with van der Waals surface area (Å²) < 4.78 is 12.3. The van der Waals surface area contributed by atoms with E-state index >= 15 is 0 Å². The van der Waals surface area contributed by atoms with Gasteiger partial charge in [-0.05, 0) is 60.0 Å². The van der Waals surface area contributed by atoms with Crippen LogP contribution in [0, 0.1) is 11.8 Å². The first-order valence-corrected chi connectivity index (χ1v) is 9.55. The monoisotopic (exact) mass is 395 g/mol. The van der Waals surface area contributed by atoms with Crippen LogP contribution in [0.4, 0.5) is 0 Å². The van der Waals surface area contributed by atoms with Gasteiger partial charge in [0.1, 0.15) is 22.9 Å². The maximum Gasteiger partial charge on any atom is 0.140 e. The van der Waals surface area contributed by atoms with E-state index in [1.54, 1.807) is 14.2 Å². The molecule has 0 fully saturated rings. The van der Waals surface area contributed by atoms with Gasteiger partial charge in [-0.25, -0.2) is 4.68 Å². The molecular formula is C25H21N3O2. The van der Waals surface area contributed by atoms with Crippen molar-refractivity contribution in [3.63, 3.8) is 0 Å². The largest absolute Gasteiger partial charge is 0.497 e. The molecule has 148 valence electrons. The third-order valence-electron chi connectivity index (χ3n) is 4.69. The van der Waals surface area contributed by atoms with Crippen molar-refractivity contribution in [3.05, 3.63) is 95.7 Å². The molecule has 0 aliphatic carbocycles. The lowest BCUT2D eigenvalue weighted by Crippen LogP contribution is -2.04. The minimum Gasteiger partial charge on any atom is -0.497 e. The maximum absolute atomic E-state index is 5.26. The van der Waals surface area contributed by atoms with Gasteiger partial charge in [0.25, 0.3) is 0 Å². The number of rotatable bonds is 5. The molecule has 1 heterocycles. The molecule has 5 nitrogen and oxygen atoms in total. The van der Waals surface area contributed by atoms with Gasteiger partial charge in [0.05, 0.1) is 20.8 Å². The predicted molar refractivity (Wildman–Crippen MR) is 117 cm³/mol. The molecule has 0 aliphatic rings. The van der Waals surface area contributed by atoms with Gasteiger partial charge in [-0.3, -0.25) is 0 Å². The fourth-order valence-corrected chi connectivity index (χ4v) is 3.05. The van der Waals surface area contributed by atoms with E-state index in [1.165, 1.54) is 0 Å². The summed E-state index contributed by atoms with van der Waals surface area (Å²) >= 11 is 0. The van der Waals surface area contributed by atoms with Gasteiger partial charge in [-0.2, -0.15) is 0 Å². The van der Waals surface area contributed by atoms with Gasteiger partial charge in [0.2, 0.25) is 0 Å². The average molecular weight is 395 g/mol. The Bertz CT molecular complexity index is 1170. The summed E-state index contributed by atoms with van der Waals surface area (Å²) in [5.74, 6) is 8.10. The molecular weight excluding hydrogens is 374 g/mol. The molecule has 0 radical (unpaired) electrons. The van der Waals surface area contributed by atoms with E-state index < -0.39 is 0 Å². The minimum atomic E-state index is 0.594. The van der Waals surface area contributed by atoms with Crippen LogP contribution < -0.4 is 9.47 Å². The van der Waals surface area contributed by atoms with Crippen molar-refractivity contribution in [3.8, 4) is 34.6 Å². The summed E-state index contributed by atoms with van der Waals surface area (Å²) in [7, 11) is 3.30. The van der Waals surface area contributed by atoms with Gasteiger partial charge in [-0.15, -0.1) is 5.10 Å². The molecule has 3 aromatic carbocycles. The molecule has 0 spiro atoms. The molecule has 0 amide bonds. The third kappa shape index (κ3) is 4.34. The maximum atomic E-state index is 5.26. The standard InChI is InChI=1S/C25H21N3O2/c1-29-22-13-8-19(9-14-22)10-17-24-25(21-11-15-23(30-2)16-12-21)26-27-28(24)18-20-6-4-3-5-7-20/h3-9,11-16H,18H2,1-2H3. The van der Waals surface area contributed by atoms with Crippen molar-refractivity contribution < 1.29 is 9.47 Å². The molecule has 0 N–H and O–H groups in total. The Balaban J connectivity index is 1.74. The molecule has 0 atom stereocenters. The Morgan fingerprint density at radius 2 is 1.40 bits per heavy atom. The summed E-state index contributed by atoms with van der Waals surface area (Å²) in [5, 5.41) is 8.81. The molecule has 4 aromatic rings. The van der Waals surface area contributed by atoms with Crippen LogP contribution in [0.1, 0.15) is 16.8 Å². The van der Waals surface area contributed by atoms with Gasteiger partial charge < -0.3 is 9.47 Å². The van der Waals surface area contributed by atoms with Crippen molar-refractivity contribution >= 4 is 0 Å². The summed E-state index contributed by atoms with van der Waals surface area (Å²) in [4.78, 5) is 0. The third-order valence-corrected chi connectivity index (χ3v) is 4.69. The van der Waals surface area contributed by atoms with Crippen molar-refractivity contribution in [1.82, 2.24) is 15.0 Å². The summed E-state index contributed by atoms with van der Waals surface area (Å²) in [6.45, 7) is 0.594. The second-order valence-corrected chi connectivity index (χ2v) is 6.64. The van der Waals surface area contributed by atoms with E-state index in [-0.39, 0.29) is 0 Å². The fourth-order valence-electron chi connectivity index (χ4n) is 3.05. The van der Waals surface area contributed by atoms with E-state index in [0.717, 1.165) is 39.6 Å². The Morgan fingerprint density at radius 3 is 2.03 bits per heavy atom. The molecule has 0 saturated heterocycles. The lowest BCUT2D eigenvalue weighted by molar-refractivity contribution is 0.414. The molecule has 5 heteroatoms. The van der Waals surface area contributed by atoms with Crippen LogP contribution in [0.15, 0.2) is 78.9 Å². The number of methoxy groups -OCH3 is 2. The van der Waals surface area contributed by atoms with Crippen LogP contribution in [0.3, 0.4) is 0 Å². The van der Waals surface area contributed by atoms with E-state index in [1.807, 2.05) is 71.4 Å².